The summed E-state index contributed by atoms with van der Waals surface area (Å²) in [5.41, 5.74) is 9.88. The third-order valence-electron chi connectivity index (χ3n) is 4.61. The van der Waals surface area contributed by atoms with Gasteiger partial charge in [0, 0.05) is 43.2 Å². The summed E-state index contributed by atoms with van der Waals surface area (Å²) in [7, 11) is 0. The number of morpholine rings is 1. The molecule has 0 amide bonds. The highest BCUT2D eigenvalue weighted by Crippen LogP contribution is 2.23. The minimum Gasteiger partial charge on any atom is -0.376 e. The molecule has 3 heterocycles. The van der Waals surface area contributed by atoms with E-state index in [0.29, 0.717) is 6.54 Å². The molecule has 0 bridgehead atoms. The molecule has 8 heteroatoms. The van der Waals surface area contributed by atoms with Crippen LogP contribution in [-0.4, -0.2) is 51.8 Å². The summed E-state index contributed by atoms with van der Waals surface area (Å²) >= 11 is 0. The van der Waals surface area contributed by atoms with Crippen LogP contribution in [0.1, 0.15) is 12.0 Å². The van der Waals surface area contributed by atoms with Crippen LogP contribution in [0.3, 0.4) is 0 Å². The van der Waals surface area contributed by atoms with Gasteiger partial charge in [-0.05, 0) is 18.5 Å². The molecule has 2 aromatic heterocycles. The van der Waals surface area contributed by atoms with Gasteiger partial charge in [-0.25, -0.2) is 9.50 Å². The maximum atomic E-state index is 5.75. The van der Waals surface area contributed by atoms with Crippen molar-refractivity contribution < 1.29 is 4.74 Å². The van der Waals surface area contributed by atoms with Crippen molar-refractivity contribution >= 4 is 30.5 Å². The summed E-state index contributed by atoms with van der Waals surface area (Å²) < 4.78 is 7.62. The summed E-state index contributed by atoms with van der Waals surface area (Å²) in [5, 5.41) is 4.49. The number of nitrogens with zero attached hydrogens (tertiary/aromatic N) is 4. The summed E-state index contributed by atoms with van der Waals surface area (Å²) in [5.74, 6) is 0. The molecule has 1 aliphatic heterocycles. The lowest BCUT2D eigenvalue weighted by Crippen LogP contribution is -2.42. The van der Waals surface area contributed by atoms with E-state index in [1.807, 2.05) is 35.1 Å². The predicted octanol–water partition coefficient (Wildman–Crippen LogP) is 2.79. The van der Waals surface area contributed by atoms with Gasteiger partial charge in [0.1, 0.15) is 0 Å². The Morgan fingerprint density at radius 1 is 1.15 bits per heavy atom. The standard InChI is InChI=1S/C19H23N5O.2ClH/c20-7-6-17-14-23(8-9-25-17)12-15-10-21-19-18(11-22-24(19)13-15)16-4-2-1-3-5-16;;/h1-5,10-11,13,17H,6-9,12,14,20H2;2*1H. The number of fused-ring (bicyclic) bond motifs is 1. The molecule has 0 radical (unpaired) electrons. The quantitative estimate of drug-likeness (QED) is 0.701. The van der Waals surface area contributed by atoms with Gasteiger partial charge in [-0.15, -0.1) is 24.8 Å². The Labute approximate surface area is 171 Å². The largest absolute Gasteiger partial charge is 0.376 e. The van der Waals surface area contributed by atoms with Crippen LogP contribution in [0.25, 0.3) is 16.8 Å². The highest BCUT2D eigenvalue weighted by Gasteiger charge is 2.20. The highest BCUT2D eigenvalue weighted by atomic mass is 35.5. The van der Waals surface area contributed by atoms with Gasteiger partial charge in [0.15, 0.2) is 5.65 Å². The van der Waals surface area contributed by atoms with E-state index in [-0.39, 0.29) is 30.9 Å². The Balaban J connectivity index is 0.00000131. The van der Waals surface area contributed by atoms with Crippen molar-refractivity contribution in [2.75, 3.05) is 26.2 Å². The molecular weight excluding hydrogens is 385 g/mol. The lowest BCUT2D eigenvalue weighted by atomic mass is 10.1. The molecule has 27 heavy (non-hydrogen) atoms. The van der Waals surface area contributed by atoms with E-state index in [9.17, 15) is 0 Å². The average molecular weight is 410 g/mol. The third kappa shape index (κ3) is 4.97. The first-order valence-corrected chi connectivity index (χ1v) is 8.75. The van der Waals surface area contributed by atoms with Crippen LogP contribution in [0.5, 0.6) is 0 Å². The monoisotopic (exact) mass is 409 g/mol. The molecule has 1 saturated heterocycles. The number of rotatable bonds is 5. The SMILES string of the molecule is Cl.Cl.NCCC1CN(Cc2cnc3c(-c4ccccc4)cnn3c2)CCO1. The number of nitrogens with two attached hydrogens (primary N) is 1. The maximum Gasteiger partial charge on any atom is 0.162 e. The molecule has 1 atom stereocenters. The fourth-order valence-corrected chi connectivity index (χ4v) is 3.36. The van der Waals surface area contributed by atoms with Crippen LogP contribution >= 0.6 is 24.8 Å². The third-order valence-corrected chi connectivity index (χ3v) is 4.61. The second-order valence-electron chi connectivity index (χ2n) is 6.46. The van der Waals surface area contributed by atoms with E-state index in [1.165, 1.54) is 0 Å². The Kier molecular flexibility index (Phi) is 8.01. The first-order chi connectivity index (χ1) is 12.3. The van der Waals surface area contributed by atoms with Gasteiger partial charge in [-0.3, -0.25) is 4.90 Å². The molecular formula is C19H25Cl2N5O. The molecule has 3 aromatic rings. The lowest BCUT2D eigenvalue weighted by Gasteiger charge is -2.32. The first kappa shape index (κ1) is 21.6. The van der Waals surface area contributed by atoms with Crippen molar-refractivity contribution in [3.05, 3.63) is 54.5 Å². The first-order valence-electron chi connectivity index (χ1n) is 8.75. The van der Waals surface area contributed by atoms with Crippen LogP contribution in [0.4, 0.5) is 0 Å². The average Bonchev–Trinajstić information content (AvgIpc) is 3.06. The summed E-state index contributed by atoms with van der Waals surface area (Å²) in [6.45, 7) is 4.15. The molecule has 1 aliphatic rings. The molecule has 1 fully saturated rings. The predicted molar refractivity (Wildman–Crippen MR) is 112 cm³/mol. The van der Waals surface area contributed by atoms with E-state index >= 15 is 0 Å². The van der Waals surface area contributed by atoms with Gasteiger partial charge in [0.25, 0.3) is 0 Å². The van der Waals surface area contributed by atoms with Gasteiger partial charge in [-0.1, -0.05) is 30.3 Å². The molecule has 4 rings (SSSR count). The van der Waals surface area contributed by atoms with E-state index in [1.54, 1.807) is 0 Å². The molecule has 1 unspecified atom stereocenters. The molecule has 0 spiro atoms. The Morgan fingerprint density at radius 2 is 1.96 bits per heavy atom. The van der Waals surface area contributed by atoms with Gasteiger partial charge in [0.2, 0.25) is 0 Å². The van der Waals surface area contributed by atoms with E-state index < -0.39 is 0 Å². The summed E-state index contributed by atoms with van der Waals surface area (Å²) in [4.78, 5) is 7.06. The van der Waals surface area contributed by atoms with Gasteiger partial charge < -0.3 is 10.5 Å². The van der Waals surface area contributed by atoms with Crippen molar-refractivity contribution in [2.45, 2.75) is 19.1 Å². The number of ether oxygens (including phenoxy) is 1. The smallest absolute Gasteiger partial charge is 0.162 e. The second-order valence-corrected chi connectivity index (χ2v) is 6.46. The van der Waals surface area contributed by atoms with Gasteiger partial charge in [0.05, 0.1) is 18.9 Å². The number of benzene rings is 1. The van der Waals surface area contributed by atoms with E-state index in [4.69, 9.17) is 10.5 Å². The number of halogens is 2. The van der Waals surface area contributed by atoms with Crippen molar-refractivity contribution in [1.29, 1.82) is 0 Å². The normalized spacial score (nSPS) is 17.3. The van der Waals surface area contributed by atoms with Crippen LogP contribution in [0, 0.1) is 0 Å². The Hall–Kier alpha value is -1.70. The zero-order chi connectivity index (χ0) is 17.1. The summed E-state index contributed by atoms with van der Waals surface area (Å²) in [6, 6.07) is 10.2. The van der Waals surface area contributed by atoms with Crippen molar-refractivity contribution in [3.8, 4) is 11.1 Å². The van der Waals surface area contributed by atoms with Crippen LogP contribution in [0.15, 0.2) is 48.9 Å². The number of hydrogen-bond acceptors (Lipinski definition) is 5. The molecule has 6 nitrogen and oxygen atoms in total. The van der Waals surface area contributed by atoms with Crippen molar-refractivity contribution in [3.63, 3.8) is 0 Å². The van der Waals surface area contributed by atoms with Crippen molar-refractivity contribution in [1.82, 2.24) is 19.5 Å². The molecule has 1 aromatic carbocycles. The molecule has 2 N–H and O–H groups in total. The fourth-order valence-electron chi connectivity index (χ4n) is 3.36. The fraction of sp³-hybridized carbons (Fsp3) is 0.368. The number of aromatic nitrogens is 3. The van der Waals surface area contributed by atoms with Crippen molar-refractivity contribution in [2.24, 2.45) is 5.73 Å². The molecule has 146 valence electrons. The minimum atomic E-state index is 0. The van der Waals surface area contributed by atoms with Crippen LogP contribution in [-0.2, 0) is 11.3 Å². The molecule has 0 aliphatic carbocycles. The summed E-state index contributed by atoms with van der Waals surface area (Å²) in [6.07, 6.45) is 7.06. The van der Waals surface area contributed by atoms with E-state index in [0.717, 1.165) is 55.0 Å². The molecule has 0 saturated carbocycles. The minimum absolute atomic E-state index is 0. The zero-order valence-electron chi connectivity index (χ0n) is 15.0. The lowest BCUT2D eigenvalue weighted by molar-refractivity contribution is -0.0335. The van der Waals surface area contributed by atoms with Crippen LogP contribution in [0.2, 0.25) is 0 Å². The van der Waals surface area contributed by atoms with Crippen LogP contribution < -0.4 is 5.73 Å². The zero-order valence-corrected chi connectivity index (χ0v) is 16.7. The number of hydrogen-bond donors (Lipinski definition) is 1. The van der Waals surface area contributed by atoms with Gasteiger partial charge >= 0.3 is 0 Å². The maximum absolute atomic E-state index is 5.75. The Morgan fingerprint density at radius 3 is 2.74 bits per heavy atom. The highest BCUT2D eigenvalue weighted by molar-refractivity contribution is 5.85. The van der Waals surface area contributed by atoms with Gasteiger partial charge in [-0.2, -0.15) is 5.10 Å². The van der Waals surface area contributed by atoms with E-state index in [2.05, 4.69) is 33.3 Å². The second kappa shape index (κ2) is 10.0. The topological polar surface area (TPSA) is 68.7 Å². The Bertz CT molecular complexity index is 840.